The SMILES string of the molecule is O=C(S)OCCCl. The number of alkyl halides is 1. The van der Waals surface area contributed by atoms with Gasteiger partial charge in [-0.15, -0.1) is 11.6 Å². The summed E-state index contributed by atoms with van der Waals surface area (Å²) in [5, 5.41) is -0.583. The molecule has 4 heteroatoms. The molecular formula is C3H5ClO2S. The summed E-state index contributed by atoms with van der Waals surface area (Å²) in [5.74, 6) is 0.326. The fourth-order valence-electron chi connectivity index (χ4n) is 0.126. The normalized spacial score (nSPS) is 8.29. The van der Waals surface area contributed by atoms with Gasteiger partial charge >= 0.3 is 5.30 Å². The van der Waals surface area contributed by atoms with Crippen LogP contribution < -0.4 is 0 Å². The van der Waals surface area contributed by atoms with Crippen molar-refractivity contribution in [1.82, 2.24) is 0 Å². The van der Waals surface area contributed by atoms with E-state index in [1.54, 1.807) is 0 Å². The van der Waals surface area contributed by atoms with Gasteiger partial charge in [-0.2, -0.15) is 0 Å². The Labute approximate surface area is 52.2 Å². The first kappa shape index (κ1) is 7.11. The molecule has 0 aliphatic rings. The van der Waals surface area contributed by atoms with E-state index in [0.717, 1.165) is 0 Å². The Morgan fingerprint density at radius 1 is 1.86 bits per heavy atom. The van der Waals surface area contributed by atoms with Gasteiger partial charge in [0.25, 0.3) is 0 Å². The molecule has 0 amide bonds. The molecule has 0 saturated carbocycles. The number of hydrogen-bond donors (Lipinski definition) is 1. The van der Waals surface area contributed by atoms with Gasteiger partial charge in [0.05, 0.1) is 5.88 Å². The van der Waals surface area contributed by atoms with Crippen LogP contribution in [0.4, 0.5) is 4.79 Å². The molecule has 42 valence electrons. The number of ether oxygens (including phenoxy) is 1. The molecule has 0 N–H and O–H groups in total. The summed E-state index contributed by atoms with van der Waals surface area (Å²) in [6, 6.07) is 0. The smallest absolute Gasteiger partial charge is 0.364 e. The summed E-state index contributed by atoms with van der Waals surface area (Å²) in [4.78, 5) is 9.79. The molecule has 0 atom stereocenters. The Bertz CT molecular complexity index is 66.0. The molecular weight excluding hydrogens is 136 g/mol. The van der Waals surface area contributed by atoms with Crippen LogP contribution in [0.5, 0.6) is 0 Å². The maximum Gasteiger partial charge on any atom is 0.364 e. The van der Waals surface area contributed by atoms with E-state index >= 15 is 0 Å². The van der Waals surface area contributed by atoms with Gasteiger partial charge in [0, 0.05) is 0 Å². The second kappa shape index (κ2) is 4.27. The Morgan fingerprint density at radius 3 is 2.57 bits per heavy atom. The zero-order chi connectivity index (χ0) is 5.70. The molecule has 0 saturated heterocycles. The number of hydrogen-bond acceptors (Lipinski definition) is 2. The molecule has 0 aromatic rings. The lowest BCUT2D eigenvalue weighted by atomic mass is 10.9. The van der Waals surface area contributed by atoms with Gasteiger partial charge in [-0.3, -0.25) is 0 Å². The summed E-state index contributed by atoms with van der Waals surface area (Å²) in [5.41, 5.74) is 0. The Hall–Kier alpha value is 0.110. The van der Waals surface area contributed by atoms with E-state index in [1.165, 1.54) is 0 Å². The third-order valence-corrected chi connectivity index (χ3v) is 0.586. The van der Waals surface area contributed by atoms with Crippen LogP contribution in [0.1, 0.15) is 0 Å². The first-order chi connectivity index (χ1) is 3.27. The minimum absolute atomic E-state index is 0.240. The summed E-state index contributed by atoms with van der Waals surface area (Å²) >= 11 is 8.45. The summed E-state index contributed by atoms with van der Waals surface area (Å²) in [6.07, 6.45) is 0. The third kappa shape index (κ3) is 6.11. The predicted octanol–water partition coefficient (Wildman–Crippen LogP) is 1.29. The number of carbonyl (C=O) groups is 1. The van der Waals surface area contributed by atoms with Crippen molar-refractivity contribution in [2.24, 2.45) is 0 Å². The van der Waals surface area contributed by atoms with E-state index in [4.69, 9.17) is 11.6 Å². The topological polar surface area (TPSA) is 26.3 Å². The van der Waals surface area contributed by atoms with Crippen molar-refractivity contribution in [3.8, 4) is 0 Å². The molecule has 0 aliphatic heterocycles. The molecule has 0 bridgehead atoms. The fraction of sp³-hybridized carbons (Fsp3) is 0.667. The molecule has 0 unspecified atom stereocenters. The highest BCUT2D eigenvalue weighted by molar-refractivity contribution is 7.96. The molecule has 0 fully saturated rings. The second-order valence-electron chi connectivity index (χ2n) is 0.803. The highest BCUT2D eigenvalue weighted by atomic mass is 35.5. The highest BCUT2D eigenvalue weighted by Crippen LogP contribution is 1.85. The van der Waals surface area contributed by atoms with Crippen molar-refractivity contribution in [2.75, 3.05) is 12.5 Å². The minimum atomic E-state index is -0.583. The van der Waals surface area contributed by atoms with Gasteiger partial charge in [0.15, 0.2) is 0 Å². The van der Waals surface area contributed by atoms with Crippen LogP contribution in [-0.4, -0.2) is 17.8 Å². The van der Waals surface area contributed by atoms with Gasteiger partial charge in [-0.25, -0.2) is 4.79 Å². The van der Waals surface area contributed by atoms with Crippen molar-refractivity contribution in [2.45, 2.75) is 0 Å². The number of rotatable bonds is 2. The van der Waals surface area contributed by atoms with Gasteiger partial charge in [0.1, 0.15) is 6.61 Å². The van der Waals surface area contributed by atoms with Crippen molar-refractivity contribution in [3.63, 3.8) is 0 Å². The lowest BCUT2D eigenvalue weighted by Gasteiger charge is -1.91. The molecule has 0 aromatic carbocycles. The van der Waals surface area contributed by atoms with E-state index in [-0.39, 0.29) is 6.61 Å². The van der Waals surface area contributed by atoms with Crippen molar-refractivity contribution < 1.29 is 9.53 Å². The predicted molar refractivity (Wildman–Crippen MR) is 31.1 cm³/mol. The lowest BCUT2D eigenvalue weighted by molar-refractivity contribution is 0.183. The van der Waals surface area contributed by atoms with Crippen LogP contribution in [-0.2, 0) is 4.74 Å². The summed E-state index contributed by atoms with van der Waals surface area (Å²) in [6.45, 7) is 0.240. The third-order valence-electron chi connectivity index (χ3n) is 0.303. The number of carbonyl (C=O) groups excluding carboxylic acids is 1. The number of halogens is 1. The van der Waals surface area contributed by atoms with E-state index in [9.17, 15) is 4.79 Å². The molecule has 0 rings (SSSR count). The largest absolute Gasteiger partial charge is 0.456 e. The van der Waals surface area contributed by atoms with Crippen LogP contribution in [0.25, 0.3) is 0 Å². The van der Waals surface area contributed by atoms with E-state index in [2.05, 4.69) is 17.4 Å². The molecule has 2 nitrogen and oxygen atoms in total. The van der Waals surface area contributed by atoms with Crippen molar-refractivity contribution in [1.29, 1.82) is 0 Å². The molecule has 0 spiro atoms. The maximum absolute atomic E-state index is 9.79. The Kier molecular flexibility index (Phi) is 4.34. The molecule has 7 heavy (non-hydrogen) atoms. The Morgan fingerprint density at radius 2 is 2.43 bits per heavy atom. The van der Waals surface area contributed by atoms with Gasteiger partial charge in [-0.05, 0) is 0 Å². The van der Waals surface area contributed by atoms with Gasteiger partial charge in [0.2, 0.25) is 0 Å². The monoisotopic (exact) mass is 140 g/mol. The van der Waals surface area contributed by atoms with Crippen LogP contribution in [0.3, 0.4) is 0 Å². The van der Waals surface area contributed by atoms with Crippen molar-refractivity contribution >= 4 is 29.5 Å². The maximum atomic E-state index is 9.79. The fourth-order valence-corrected chi connectivity index (χ4v) is 0.294. The van der Waals surface area contributed by atoms with E-state index < -0.39 is 5.30 Å². The average molecular weight is 141 g/mol. The summed E-state index contributed by atoms with van der Waals surface area (Å²) < 4.78 is 4.28. The van der Waals surface area contributed by atoms with E-state index in [1.807, 2.05) is 0 Å². The quantitative estimate of drug-likeness (QED) is 0.356. The lowest BCUT2D eigenvalue weighted by Crippen LogP contribution is -1.96. The minimum Gasteiger partial charge on any atom is -0.456 e. The number of thiol groups is 1. The first-order valence-electron chi connectivity index (χ1n) is 1.69. The Balaban J connectivity index is 2.82. The zero-order valence-corrected chi connectivity index (χ0v) is 5.21. The average Bonchev–Trinajstić information content (AvgIpc) is 1.61. The van der Waals surface area contributed by atoms with Crippen LogP contribution >= 0.6 is 24.2 Å². The van der Waals surface area contributed by atoms with Crippen molar-refractivity contribution in [3.05, 3.63) is 0 Å². The zero-order valence-electron chi connectivity index (χ0n) is 3.56. The molecule has 0 aliphatic carbocycles. The molecule has 0 radical (unpaired) electrons. The first-order valence-corrected chi connectivity index (χ1v) is 2.67. The van der Waals surface area contributed by atoms with Crippen LogP contribution in [0.2, 0.25) is 0 Å². The molecule has 0 aromatic heterocycles. The van der Waals surface area contributed by atoms with Crippen LogP contribution in [0, 0.1) is 0 Å². The highest BCUT2D eigenvalue weighted by Gasteiger charge is 1.87. The second-order valence-corrected chi connectivity index (χ2v) is 1.55. The van der Waals surface area contributed by atoms with Gasteiger partial charge < -0.3 is 4.74 Å². The summed E-state index contributed by atoms with van der Waals surface area (Å²) in [7, 11) is 0. The standard InChI is InChI=1S/C3H5ClO2S/c4-1-2-6-3(5)7/h1-2H2,(H,5,7). The van der Waals surface area contributed by atoms with E-state index in [0.29, 0.717) is 5.88 Å². The van der Waals surface area contributed by atoms with Crippen LogP contribution in [0.15, 0.2) is 0 Å². The molecule has 0 heterocycles. The van der Waals surface area contributed by atoms with Gasteiger partial charge in [-0.1, -0.05) is 12.6 Å².